The van der Waals surface area contributed by atoms with Gasteiger partial charge in [-0.3, -0.25) is 0 Å². The van der Waals surface area contributed by atoms with E-state index in [0.29, 0.717) is 0 Å². The molecule has 1 rings (SSSR count). The van der Waals surface area contributed by atoms with Gasteiger partial charge in [-0.2, -0.15) is 8.78 Å². The van der Waals surface area contributed by atoms with Gasteiger partial charge in [-0.15, -0.1) is 0 Å². The van der Waals surface area contributed by atoms with Gasteiger partial charge in [-0.1, -0.05) is 6.07 Å². The zero-order chi connectivity index (χ0) is 9.14. The van der Waals surface area contributed by atoms with Crippen molar-refractivity contribution in [3.63, 3.8) is 0 Å². The second kappa shape index (κ2) is 3.42. The molecule has 0 heterocycles. The highest BCUT2D eigenvalue weighted by Crippen LogP contribution is 2.22. The molecular formula is C7H4F4O. The largest absolute Gasteiger partial charge is 0.429 e. The zero-order valence-electron chi connectivity index (χ0n) is 5.73. The summed E-state index contributed by atoms with van der Waals surface area (Å²) in [6.45, 7) is -3.23. The van der Waals surface area contributed by atoms with Crippen LogP contribution in [0, 0.1) is 11.6 Å². The van der Waals surface area contributed by atoms with Crippen LogP contribution in [-0.2, 0) is 0 Å². The van der Waals surface area contributed by atoms with Crippen molar-refractivity contribution in [3.05, 3.63) is 29.8 Å². The highest BCUT2D eigenvalue weighted by Gasteiger charge is 2.13. The van der Waals surface area contributed by atoms with Crippen molar-refractivity contribution in [2.24, 2.45) is 0 Å². The van der Waals surface area contributed by atoms with Gasteiger partial charge >= 0.3 is 6.61 Å². The Labute approximate surface area is 65.6 Å². The van der Waals surface area contributed by atoms with Crippen molar-refractivity contribution in [1.82, 2.24) is 0 Å². The monoisotopic (exact) mass is 180 g/mol. The molecule has 0 saturated heterocycles. The minimum atomic E-state index is -3.23. The molecule has 0 aliphatic carbocycles. The Balaban J connectivity index is 2.96. The molecule has 0 bridgehead atoms. The quantitative estimate of drug-likeness (QED) is 0.635. The Hall–Kier alpha value is -1.26. The summed E-state index contributed by atoms with van der Waals surface area (Å²) in [5.41, 5.74) is 0. The van der Waals surface area contributed by atoms with Crippen LogP contribution < -0.4 is 4.74 Å². The van der Waals surface area contributed by atoms with E-state index in [-0.39, 0.29) is 0 Å². The minimum Gasteiger partial charge on any atom is -0.429 e. The number of benzene rings is 1. The summed E-state index contributed by atoms with van der Waals surface area (Å²) in [5.74, 6) is -3.34. The molecule has 0 spiro atoms. The van der Waals surface area contributed by atoms with Gasteiger partial charge < -0.3 is 4.74 Å². The van der Waals surface area contributed by atoms with Crippen LogP contribution in [0.15, 0.2) is 18.2 Å². The third-order valence-electron chi connectivity index (χ3n) is 1.13. The molecule has 12 heavy (non-hydrogen) atoms. The first-order valence-electron chi connectivity index (χ1n) is 3.00. The van der Waals surface area contributed by atoms with E-state index < -0.39 is 24.0 Å². The van der Waals surface area contributed by atoms with Gasteiger partial charge in [0, 0.05) is 0 Å². The van der Waals surface area contributed by atoms with Gasteiger partial charge in [0.2, 0.25) is 0 Å². The number of para-hydroxylation sites is 1. The predicted molar refractivity (Wildman–Crippen MR) is 33.0 cm³/mol. The van der Waals surface area contributed by atoms with E-state index in [1.807, 2.05) is 0 Å². The Kier molecular flexibility index (Phi) is 2.52. The van der Waals surface area contributed by atoms with Crippen molar-refractivity contribution >= 4 is 0 Å². The molecule has 0 amide bonds. The van der Waals surface area contributed by atoms with E-state index in [1.54, 1.807) is 0 Å². The molecule has 1 nitrogen and oxygen atoms in total. The lowest BCUT2D eigenvalue weighted by atomic mass is 10.3. The van der Waals surface area contributed by atoms with Crippen molar-refractivity contribution in [2.75, 3.05) is 0 Å². The van der Waals surface area contributed by atoms with Crippen LogP contribution >= 0.6 is 0 Å². The SMILES string of the molecule is Fc1cccc(F)c1OC(F)F. The number of hydrogen-bond donors (Lipinski definition) is 0. The Morgan fingerprint density at radius 2 is 1.58 bits per heavy atom. The van der Waals surface area contributed by atoms with Crippen LogP contribution in [0.1, 0.15) is 0 Å². The third kappa shape index (κ3) is 1.87. The third-order valence-corrected chi connectivity index (χ3v) is 1.13. The minimum absolute atomic E-state index is 0.834. The maximum atomic E-state index is 12.5. The molecule has 66 valence electrons. The normalized spacial score (nSPS) is 10.4. The smallest absolute Gasteiger partial charge is 0.387 e. The number of alkyl halides is 2. The Morgan fingerprint density at radius 3 is 2.00 bits per heavy atom. The fraction of sp³-hybridized carbons (Fsp3) is 0.143. The van der Waals surface area contributed by atoms with E-state index >= 15 is 0 Å². The number of rotatable bonds is 2. The molecule has 1 aromatic rings. The standard InChI is InChI=1S/C7H4F4O/c8-4-2-1-3-5(9)6(4)12-7(10)11/h1-3,7H. The van der Waals surface area contributed by atoms with Crippen LogP contribution in [0.25, 0.3) is 0 Å². The first kappa shape index (κ1) is 8.83. The van der Waals surface area contributed by atoms with E-state index in [2.05, 4.69) is 4.74 Å². The van der Waals surface area contributed by atoms with Crippen molar-refractivity contribution < 1.29 is 22.3 Å². The van der Waals surface area contributed by atoms with Crippen molar-refractivity contribution in [1.29, 1.82) is 0 Å². The average molecular weight is 180 g/mol. The van der Waals surface area contributed by atoms with E-state index in [4.69, 9.17) is 0 Å². The lowest BCUT2D eigenvalue weighted by Crippen LogP contribution is -2.05. The number of halogens is 4. The molecule has 0 unspecified atom stereocenters. The molecule has 0 N–H and O–H groups in total. The topological polar surface area (TPSA) is 9.23 Å². The fourth-order valence-corrected chi connectivity index (χ4v) is 0.684. The van der Waals surface area contributed by atoms with Crippen molar-refractivity contribution in [2.45, 2.75) is 6.61 Å². The molecule has 0 radical (unpaired) electrons. The summed E-state index contributed by atoms with van der Waals surface area (Å²) in [6, 6.07) is 2.73. The summed E-state index contributed by atoms with van der Waals surface area (Å²) in [4.78, 5) is 0. The van der Waals surface area contributed by atoms with E-state index in [9.17, 15) is 17.6 Å². The molecule has 5 heteroatoms. The molecule has 0 atom stereocenters. The maximum Gasteiger partial charge on any atom is 0.387 e. The van der Waals surface area contributed by atoms with Gasteiger partial charge in [0.25, 0.3) is 0 Å². The molecule has 0 fully saturated rings. The first-order chi connectivity index (χ1) is 5.61. The molecule has 0 aliphatic heterocycles. The second-order valence-electron chi connectivity index (χ2n) is 1.93. The Morgan fingerprint density at radius 1 is 1.08 bits per heavy atom. The second-order valence-corrected chi connectivity index (χ2v) is 1.93. The molecule has 1 aromatic carbocycles. The summed E-state index contributed by atoms with van der Waals surface area (Å²) >= 11 is 0. The maximum absolute atomic E-state index is 12.5. The van der Waals surface area contributed by atoms with Gasteiger partial charge in [0.1, 0.15) is 0 Å². The molecule has 0 aliphatic rings. The van der Waals surface area contributed by atoms with Crippen LogP contribution in [0.5, 0.6) is 5.75 Å². The lowest BCUT2D eigenvalue weighted by Gasteiger charge is -2.05. The summed E-state index contributed by atoms with van der Waals surface area (Å²) in [7, 11) is 0. The molecule has 0 saturated carbocycles. The van der Waals surface area contributed by atoms with Crippen molar-refractivity contribution in [3.8, 4) is 5.75 Å². The summed E-state index contributed by atoms with van der Waals surface area (Å²) in [5, 5.41) is 0. The van der Waals surface area contributed by atoms with Gasteiger partial charge in [0.15, 0.2) is 17.4 Å². The first-order valence-corrected chi connectivity index (χ1v) is 3.00. The Bertz CT molecular complexity index is 254. The van der Waals surface area contributed by atoms with Crippen LogP contribution in [0.4, 0.5) is 17.6 Å². The average Bonchev–Trinajstić information content (AvgIpc) is 1.97. The van der Waals surface area contributed by atoms with Gasteiger partial charge in [-0.05, 0) is 12.1 Å². The highest BCUT2D eigenvalue weighted by molar-refractivity contribution is 5.25. The van der Waals surface area contributed by atoms with Gasteiger partial charge in [-0.25, -0.2) is 8.78 Å². The fourth-order valence-electron chi connectivity index (χ4n) is 0.684. The lowest BCUT2D eigenvalue weighted by molar-refractivity contribution is -0.0546. The predicted octanol–water partition coefficient (Wildman–Crippen LogP) is 2.57. The van der Waals surface area contributed by atoms with Crippen LogP contribution in [0.3, 0.4) is 0 Å². The number of ether oxygens (including phenoxy) is 1. The van der Waals surface area contributed by atoms with E-state index in [0.717, 1.165) is 18.2 Å². The highest BCUT2D eigenvalue weighted by atomic mass is 19.3. The summed E-state index contributed by atoms with van der Waals surface area (Å²) < 4.78 is 51.7. The number of hydrogen-bond acceptors (Lipinski definition) is 1. The van der Waals surface area contributed by atoms with Gasteiger partial charge in [0.05, 0.1) is 0 Å². The summed E-state index contributed by atoms with van der Waals surface area (Å²) in [6.07, 6.45) is 0. The van der Waals surface area contributed by atoms with Crippen LogP contribution in [0.2, 0.25) is 0 Å². The van der Waals surface area contributed by atoms with Crippen LogP contribution in [-0.4, -0.2) is 6.61 Å². The zero-order valence-corrected chi connectivity index (χ0v) is 5.73. The van der Waals surface area contributed by atoms with E-state index in [1.165, 1.54) is 0 Å². The molecular weight excluding hydrogens is 176 g/mol. The molecule has 0 aromatic heterocycles.